The normalized spacial score (nSPS) is 12.2. The van der Waals surface area contributed by atoms with Gasteiger partial charge in [0.15, 0.2) is 9.84 Å². The maximum atomic E-state index is 11.0. The lowest BCUT2D eigenvalue weighted by atomic mass is 10.2. The summed E-state index contributed by atoms with van der Waals surface area (Å²) in [6, 6.07) is 3.74. The van der Waals surface area contributed by atoms with Crippen molar-refractivity contribution in [3.8, 4) is 0 Å². The summed E-state index contributed by atoms with van der Waals surface area (Å²) in [5, 5.41) is 0. The zero-order valence-corrected chi connectivity index (χ0v) is 7.26. The van der Waals surface area contributed by atoms with Gasteiger partial charge in [0.1, 0.15) is 6.29 Å². The fourth-order valence-electron chi connectivity index (χ4n) is 0.727. The second-order valence-corrected chi connectivity index (χ2v) is 4.39. The monoisotopic (exact) mass is 185 g/mol. The van der Waals surface area contributed by atoms with Gasteiger partial charge in [0.25, 0.3) is 0 Å². The van der Waals surface area contributed by atoms with Crippen molar-refractivity contribution in [2.45, 2.75) is 4.90 Å². The first-order chi connectivity index (χ1) is 5.95. The standard InChI is InChI=1S/C8H8O3S/c1-12(10,11)8-4-2-7(6-9)3-5-8/h2-6H,1H3/i2D. The Bertz CT molecular complexity index is 437. The van der Waals surface area contributed by atoms with Crippen molar-refractivity contribution in [3.63, 3.8) is 0 Å². The van der Waals surface area contributed by atoms with Gasteiger partial charge in [-0.15, -0.1) is 0 Å². The smallest absolute Gasteiger partial charge is 0.175 e. The predicted octanol–water partition coefficient (Wildman–Crippen LogP) is 0.903. The van der Waals surface area contributed by atoms with E-state index < -0.39 is 9.84 Å². The average molecular weight is 185 g/mol. The number of hydrogen-bond acceptors (Lipinski definition) is 3. The molecule has 0 bridgehead atoms. The molecule has 0 spiro atoms. The minimum Gasteiger partial charge on any atom is -0.298 e. The molecule has 1 aromatic carbocycles. The highest BCUT2D eigenvalue weighted by Gasteiger charge is 2.04. The molecular weight excluding hydrogens is 176 g/mol. The number of carbonyl (C=O) groups excluding carboxylic acids is 1. The Labute approximate surface area is 72.4 Å². The molecule has 0 N–H and O–H groups in total. The number of aldehydes is 1. The van der Waals surface area contributed by atoms with Crippen LogP contribution < -0.4 is 0 Å². The summed E-state index contributed by atoms with van der Waals surface area (Å²) in [6.45, 7) is 0. The van der Waals surface area contributed by atoms with Crippen molar-refractivity contribution < 1.29 is 14.6 Å². The third-order valence-electron chi connectivity index (χ3n) is 1.36. The van der Waals surface area contributed by atoms with E-state index in [0.717, 1.165) is 6.26 Å². The molecule has 1 aromatic rings. The van der Waals surface area contributed by atoms with Crippen molar-refractivity contribution in [1.82, 2.24) is 0 Å². The van der Waals surface area contributed by atoms with E-state index in [-0.39, 0.29) is 16.5 Å². The zero-order chi connectivity index (χ0) is 10.1. The number of hydrogen-bond donors (Lipinski definition) is 0. The van der Waals surface area contributed by atoms with Crippen LogP contribution in [0.15, 0.2) is 29.1 Å². The maximum Gasteiger partial charge on any atom is 0.175 e. The molecule has 0 aromatic heterocycles. The summed E-state index contributed by atoms with van der Waals surface area (Å²) < 4.78 is 29.3. The predicted molar refractivity (Wildman–Crippen MR) is 44.9 cm³/mol. The van der Waals surface area contributed by atoms with E-state index in [4.69, 9.17) is 1.37 Å². The molecule has 4 heteroatoms. The molecule has 0 atom stereocenters. The minimum atomic E-state index is -3.29. The van der Waals surface area contributed by atoms with Crippen LogP contribution in [0, 0.1) is 0 Å². The van der Waals surface area contributed by atoms with E-state index in [1.165, 1.54) is 18.2 Å². The number of rotatable bonds is 2. The number of carbonyl (C=O) groups is 1. The zero-order valence-electron chi connectivity index (χ0n) is 7.44. The minimum absolute atomic E-state index is 0.0584. The first-order valence-corrected chi connectivity index (χ1v) is 5.10. The van der Waals surface area contributed by atoms with Crippen LogP contribution in [0.4, 0.5) is 0 Å². The molecule has 0 fully saturated rings. The van der Waals surface area contributed by atoms with Gasteiger partial charge in [-0.1, -0.05) is 12.1 Å². The number of benzene rings is 1. The lowest BCUT2D eigenvalue weighted by Gasteiger charge is -1.96. The molecule has 0 saturated carbocycles. The van der Waals surface area contributed by atoms with Gasteiger partial charge < -0.3 is 0 Å². The third kappa shape index (κ3) is 1.92. The first-order valence-electron chi connectivity index (χ1n) is 3.71. The molecule has 0 saturated heterocycles. The summed E-state index contributed by atoms with van der Waals surface area (Å²) in [5.74, 6) is 0. The van der Waals surface area contributed by atoms with Crippen LogP contribution in [0.2, 0.25) is 0 Å². The highest BCUT2D eigenvalue weighted by atomic mass is 32.2. The molecule has 0 heterocycles. The van der Waals surface area contributed by atoms with E-state index in [9.17, 15) is 13.2 Å². The van der Waals surface area contributed by atoms with E-state index in [1.807, 2.05) is 0 Å². The fraction of sp³-hybridized carbons (Fsp3) is 0.125. The second kappa shape index (κ2) is 3.06. The van der Waals surface area contributed by atoms with Crippen LogP contribution >= 0.6 is 0 Å². The SMILES string of the molecule is [2H]c1cc(S(C)(=O)=O)ccc1C=O. The van der Waals surface area contributed by atoms with Gasteiger partial charge in [0.2, 0.25) is 0 Å². The molecular formula is C8H8O3S. The maximum absolute atomic E-state index is 11.0. The quantitative estimate of drug-likeness (QED) is 0.643. The highest BCUT2D eigenvalue weighted by molar-refractivity contribution is 7.90. The molecule has 3 nitrogen and oxygen atoms in total. The van der Waals surface area contributed by atoms with Crippen molar-refractivity contribution >= 4 is 16.1 Å². The van der Waals surface area contributed by atoms with Gasteiger partial charge in [-0.2, -0.15) is 0 Å². The largest absolute Gasteiger partial charge is 0.298 e. The summed E-state index contributed by atoms with van der Waals surface area (Å²) in [4.78, 5) is 10.4. The van der Waals surface area contributed by atoms with Gasteiger partial charge in [0.05, 0.1) is 6.27 Å². The van der Waals surface area contributed by atoms with Crippen LogP contribution in [0.3, 0.4) is 0 Å². The Morgan fingerprint density at radius 1 is 1.42 bits per heavy atom. The van der Waals surface area contributed by atoms with E-state index in [0.29, 0.717) is 6.29 Å². The summed E-state index contributed by atoms with van der Waals surface area (Å²) in [6.07, 6.45) is 1.58. The Morgan fingerprint density at radius 3 is 2.50 bits per heavy atom. The van der Waals surface area contributed by atoms with E-state index in [2.05, 4.69) is 0 Å². The fourth-order valence-corrected chi connectivity index (χ4v) is 1.31. The number of sulfone groups is 1. The Balaban J connectivity index is 3.34. The molecule has 64 valence electrons. The van der Waals surface area contributed by atoms with Gasteiger partial charge >= 0.3 is 0 Å². The van der Waals surface area contributed by atoms with Crippen molar-refractivity contribution in [1.29, 1.82) is 0 Å². The molecule has 1 rings (SSSR count). The van der Waals surface area contributed by atoms with Crippen molar-refractivity contribution in [2.24, 2.45) is 0 Å². The van der Waals surface area contributed by atoms with Gasteiger partial charge in [0, 0.05) is 11.8 Å². The Morgan fingerprint density at radius 2 is 2.08 bits per heavy atom. The van der Waals surface area contributed by atoms with Crippen molar-refractivity contribution in [3.05, 3.63) is 29.8 Å². The summed E-state index contributed by atoms with van der Waals surface area (Å²) in [7, 11) is -3.29. The molecule has 0 aliphatic heterocycles. The van der Waals surface area contributed by atoms with E-state index in [1.54, 1.807) is 0 Å². The second-order valence-electron chi connectivity index (χ2n) is 2.37. The third-order valence-corrected chi connectivity index (χ3v) is 2.47. The first kappa shape index (κ1) is 7.49. The molecule has 12 heavy (non-hydrogen) atoms. The average Bonchev–Trinajstić information content (AvgIpc) is 2.02. The van der Waals surface area contributed by atoms with Crippen LogP contribution in [0.5, 0.6) is 0 Å². The molecule has 0 aliphatic carbocycles. The molecule has 0 amide bonds. The summed E-state index contributed by atoms with van der Waals surface area (Å²) >= 11 is 0. The lowest BCUT2D eigenvalue weighted by molar-refractivity contribution is 0.112. The van der Waals surface area contributed by atoms with Crippen molar-refractivity contribution in [2.75, 3.05) is 6.26 Å². The van der Waals surface area contributed by atoms with Crippen LogP contribution in [-0.2, 0) is 9.84 Å². The lowest BCUT2D eigenvalue weighted by Crippen LogP contribution is -1.96. The summed E-state index contributed by atoms with van der Waals surface area (Å²) in [5.41, 5.74) is 0.187. The van der Waals surface area contributed by atoms with Crippen LogP contribution in [0.25, 0.3) is 0 Å². The Kier molecular flexibility index (Phi) is 1.91. The van der Waals surface area contributed by atoms with E-state index >= 15 is 0 Å². The van der Waals surface area contributed by atoms with Gasteiger partial charge in [-0.05, 0) is 12.1 Å². The van der Waals surface area contributed by atoms with Crippen LogP contribution in [-0.4, -0.2) is 21.0 Å². The molecule has 0 radical (unpaired) electrons. The molecule has 0 aliphatic rings. The van der Waals surface area contributed by atoms with Gasteiger partial charge in [-0.3, -0.25) is 4.79 Å². The van der Waals surface area contributed by atoms with Crippen LogP contribution in [0.1, 0.15) is 11.7 Å². The Hall–Kier alpha value is -1.16. The van der Waals surface area contributed by atoms with Gasteiger partial charge in [-0.25, -0.2) is 8.42 Å². The molecule has 0 unspecified atom stereocenters. The topological polar surface area (TPSA) is 51.2 Å². The highest BCUT2D eigenvalue weighted by Crippen LogP contribution is 2.08.